The normalized spacial score (nSPS) is 26.1. The van der Waals surface area contributed by atoms with Gasteiger partial charge in [-0.25, -0.2) is 0 Å². The van der Waals surface area contributed by atoms with Gasteiger partial charge in [-0.2, -0.15) is 0 Å². The van der Waals surface area contributed by atoms with Crippen LogP contribution >= 0.6 is 11.3 Å². The maximum absolute atomic E-state index is 12.7. The standard InChI is InChI=1S/C14H20N2O2S/c1-3-10(9-18-2)16-12(11-5-4-8-19-11)15-14(6-7-14)13(16)17/h4-5,8,10,12,15H,3,6-7,9H2,1-2H3. The molecule has 1 aromatic rings. The Labute approximate surface area is 117 Å². The summed E-state index contributed by atoms with van der Waals surface area (Å²) in [5.74, 6) is 0.259. The van der Waals surface area contributed by atoms with Gasteiger partial charge in [-0.15, -0.1) is 11.3 Å². The van der Waals surface area contributed by atoms with Crippen molar-refractivity contribution < 1.29 is 9.53 Å². The molecule has 2 heterocycles. The molecule has 1 saturated heterocycles. The van der Waals surface area contributed by atoms with E-state index in [-0.39, 0.29) is 23.7 Å². The number of ether oxygens (including phenoxy) is 1. The lowest BCUT2D eigenvalue weighted by molar-refractivity contribution is -0.134. The number of hydrogen-bond acceptors (Lipinski definition) is 4. The highest BCUT2D eigenvalue weighted by Crippen LogP contribution is 2.47. The first kappa shape index (κ1) is 13.1. The number of nitrogens with one attached hydrogen (secondary N) is 1. The minimum Gasteiger partial charge on any atom is -0.383 e. The van der Waals surface area contributed by atoms with Gasteiger partial charge in [0.15, 0.2) is 0 Å². The predicted octanol–water partition coefficient (Wildman–Crippen LogP) is 2.14. The fourth-order valence-corrected chi connectivity index (χ4v) is 3.63. The van der Waals surface area contributed by atoms with Crippen molar-refractivity contribution in [1.82, 2.24) is 10.2 Å². The molecule has 1 aliphatic heterocycles. The van der Waals surface area contributed by atoms with Gasteiger partial charge in [0.2, 0.25) is 5.91 Å². The molecule has 1 amide bonds. The van der Waals surface area contributed by atoms with Crippen molar-refractivity contribution in [2.45, 2.75) is 43.9 Å². The molecule has 1 N–H and O–H groups in total. The van der Waals surface area contributed by atoms with Crippen LogP contribution in [-0.2, 0) is 9.53 Å². The van der Waals surface area contributed by atoms with Crippen molar-refractivity contribution >= 4 is 17.2 Å². The van der Waals surface area contributed by atoms with Crippen LogP contribution in [0.3, 0.4) is 0 Å². The summed E-state index contributed by atoms with van der Waals surface area (Å²) in [5.41, 5.74) is -0.268. The number of thiophene rings is 1. The number of carbonyl (C=O) groups excluding carboxylic acids is 1. The molecule has 4 nitrogen and oxygen atoms in total. The van der Waals surface area contributed by atoms with Crippen LogP contribution in [0.25, 0.3) is 0 Å². The molecule has 2 aliphatic rings. The van der Waals surface area contributed by atoms with Crippen LogP contribution < -0.4 is 5.32 Å². The average Bonchev–Trinajstić information content (AvgIpc) is 2.88. The third-order valence-electron chi connectivity index (χ3n) is 4.12. The van der Waals surface area contributed by atoms with Gasteiger partial charge in [0.25, 0.3) is 0 Å². The van der Waals surface area contributed by atoms with Gasteiger partial charge in [0.1, 0.15) is 11.7 Å². The largest absolute Gasteiger partial charge is 0.383 e. The molecular formula is C14H20N2O2S. The van der Waals surface area contributed by atoms with E-state index in [4.69, 9.17) is 4.74 Å². The van der Waals surface area contributed by atoms with E-state index in [1.807, 2.05) is 11.0 Å². The summed E-state index contributed by atoms with van der Waals surface area (Å²) in [6.45, 7) is 2.71. The quantitative estimate of drug-likeness (QED) is 0.898. The predicted molar refractivity (Wildman–Crippen MR) is 75.0 cm³/mol. The molecule has 0 aromatic carbocycles. The third-order valence-corrected chi connectivity index (χ3v) is 5.05. The van der Waals surface area contributed by atoms with Crippen LogP contribution in [0.15, 0.2) is 17.5 Å². The van der Waals surface area contributed by atoms with Gasteiger partial charge in [-0.05, 0) is 30.7 Å². The Kier molecular flexibility index (Phi) is 3.37. The second-order valence-electron chi connectivity index (χ2n) is 5.37. The highest BCUT2D eigenvalue weighted by atomic mass is 32.1. The fraction of sp³-hybridized carbons (Fsp3) is 0.643. The van der Waals surface area contributed by atoms with Crippen LogP contribution in [-0.4, -0.2) is 36.1 Å². The first-order valence-corrected chi connectivity index (χ1v) is 7.72. The van der Waals surface area contributed by atoms with E-state index in [0.717, 1.165) is 19.3 Å². The SMILES string of the molecule is CCC(COC)N1C(=O)C2(CC2)NC1c1cccs1. The molecule has 1 saturated carbocycles. The maximum atomic E-state index is 12.7. The van der Waals surface area contributed by atoms with Crippen LogP contribution in [0.1, 0.15) is 37.2 Å². The molecule has 0 radical (unpaired) electrons. The molecule has 1 spiro atoms. The van der Waals surface area contributed by atoms with Crippen molar-refractivity contribution in [2.24, 2.45) is 0 Å². The smallest absolute Gasteiger partial charge is 0.244 e. The number of rotatable bonds is 5. The van der Waals surface area contributed by atoms with Gasteiger partial charge in [-0.3, -0.25) is 10.1 Å². The van der Waals surface area contributed by atoms with Crippen molar-refractivity contribution in [3.8, 4) is 0 Å². The number of nitrogens with zero attached hydrogens (tertiary/aromatic N) is 1. The molecule has 1 aromatic heterocycles. The Morgan fingerprint density at radius 1 is 1.63 bits per heavy atom. The maximum Gasteiger partial charge on any atom is 0.244 e. The zero-order chi connectivity index (χ0) is 13.5. The summed E-state index contributed by atoms with van der Waals surface area (Å²) in [7, 11) is 1.70. The lowest BCUT2D eigenvalue weighted by Gasteiger charge is -2.31. The van der Waals surface area contributed by atoms with Gasteiger partial charge < -0.3 is 9.64 Å². The molecule has 2 unspecified atom stereocenters. The average molecular weight is 280 g/mol. The van der Waals surface area contributed by atoms with Crippen molar-refractivity contribution in [3.63, 3.8) is 0 Å². The second-order valence-corrected chi connectivity index (χ2v) is 6.35. The lowest BCUT2D eigenvalue weighted by Crippen LogP contribution is -2.42. The summed E-state index contributed by atoms with van der Waals surface area (Å²) < 4.78 is 5.29. The molecule has 3 rings (SSSR count). The van der Waals surface area contributed by atoms with E-state index in [1.54, 1.807) is 18.4 Å². The fourth-order valence-electron chi connectivity index (χ4n) is 2.86. The third kappa shape index (κ3) is 2.10. The zero-order valence-corrected chi connectivity index (χ0v) is 12.2. The highest BCUT2D eigenvalue weighted by Gasteiger charge is 2.60. The van der Waals surface area contributed by atoms with Crippen LogP contribution in [0.2, 0.25) is 0 Å². The van der Waals surface area contributed by atoms with E-state index >= 15 is 0 Å². The Hall–Kier alpha value is -0.910. The Morgan fingerprint density at radius 3 is 2.95 bits per heavy atom. The molecule has 19 heavy (non-hydrogen) atoms. The number of hydrogen-bond donors (Lipinski definition) is 1. The van der Waals surface area contributed by atoms with Crippen molar-refractivity contribution in [2.75, 3.05) is 13.7 Å². The molecule has 104 valence electrons. The molecular weight excluding hydrogens is 260 g/mol. The van der Waals surface area contributed by atoms with Crippen LogP contribution in [0.4, 0.5) is 0 Å². The number of amides is 1. The molecule has 2 fully saturated rings. The summed E-state index contributed by atoms with van der Waals surface area (Å²) >= 11 is 1.70. The summed E-state index contributed by atoms with van der Waals surface area (Å²) in [6, 6.07) is 4.29. The Bertz CT molecular complexity index is 456. The molecule has 1 aliphatic carbocycles. The zero-order valence-electron chi connectivity index (χ0n) is 11.4. The molecule has 5 heteroatoms. The van der Waals surface area contributed by atoms with Gasteiger partial charge in [0, 0.05) is 12.0 Å². The Morgan fingerprint density at radius 2 is 2.42 bits per heavy atom. The van der Waals surface area contributed by atoms with E-state index in [2.05, 4.69) is 23.7 Å². The number of methoxy groups -OCH3 is 1. The minimum absolute atomic E-state index is 0.0232. The Balaban J connectivity index is 1.90. The van der Waals surface area contributed by atoms with Crippen molar-refractivity contribution in [1.29, 1.82) is 0 Å². The lowest BCUT2D eigenvalue weighted by atomic mass is 10.1. The van der Waals surface area contributed by atoms with E-state index in [1.165, 1.54) is 4.88 Å². The topological polar surface area (TPSA) is 41.6 Å². The summed E-state index contributed by atoms with van der Waals surface area (Å²) in [5, 5.41) is 5.61. The molecule has 0 bridgehead atoms. The van der Waals surface area contributed by atoms with E-state index in [9.17, 15) is 4.79 Å². The highest BCUT2D eigenvalue weighted by molar-refractivity contribution is 7.10. The summed E-state index contributed by atoms with van der Waals surface area (Å²) in [6.07, 6.45) is 2.87. The van der Waals surface area contributed by atoms with Crippen LogP contribution in [0, 0.1) is 0 Å². The van der Waals surface area contributed by atoms with Gasteiger partial charge in [0.05, 0.1) is 12.6 Å². The summed E-state index contributed by atoms with van der Waals surface area (Å²) in [4.78, 5) is 15.9. The molecule has 2 atom stereocenters. The van der Waals surface area contributed by atoms with Crippen LogP contribution in [0.5, 0.6) is 0 Å². The monoisotopic (exact) mass is 280 g/mol. The van der Waals surface area contributed by atoms with Crippen molar-refractivity contribution in [3.05, 3.63) is 22.4 Å². The van der Waals surface area contributed by atoms with E-state index < -0.39 is 0 Å². The first-order valence-electron chi connectivity index (χ1n) is 6.84. The minimum atomic E-state index is -0.268. The van der Waals surface area contributed by atoms with Gasteiger partial charge >= 0.3 is 0 Å². The van der Waals surface area contributed by atoms with E-state index in [0.29, 0.717) is 6.61 Å². The van der Waals surface area contributed by atoms with Gasteiger partial charge in [-0.1, -0.05) is 13.0 Å². The first-order chi connectivity index (χ1) is 9.22. The number of carbonyl (C=O) groups is 1. The second kappa shape index (κ2) is 4.89.